The number of nitrogens with zero attached hydrogens (tertiary/aromatic N) is 1. The SMILES string of the molecule is N#CC(O)C(O)c1cc(C(=O)O)ccc1Cl. The Morgan fingerprint density at radius 1 is 1.44 bits per heavy atom. The molecule has 0 spiro atoms. The lowest BCUT2D eigenvalue weighted by Crippen LogP contribution is -2.16. The van der Waals surface area contributed by atoms with E-state index in [1.807, 2.05) is 0 Å². The highest BCUT2D eigenvalue weighted by Gasteiger charge is 2.21. The number of carboxylic acid groups (broad SMARTS) is 1. The van der Waals surface area contributed by atoms with E-state index in [-0.39, 0.29) is 16.1 Å². The lowest BCUT2D eigenvalue weighted by atomic mass is 10.0. The van der Waals surface area contributed by atoms with Crippen LogP contribution >= 0.6 is 11.6 Å². The van der Waals surface area contributed by atoms with Gasteiger partial charge in [0.1, 0.15) is 6.10 Å². The fraction of sp³-hybridized carbons (Fsp3) is 0.200. The summed E-state index contributed by atoms with van der Waals surface area (Å²) in [6.45, 7) is 0. The van der Waals surface area contributed by atoms with Gasteiger partial charge in [-0.2, -0.15) is 5.26 Å². The Hall–Kier alpha value is -1.61. The molecule has 0 heterocycles. The van der Waals surface area contributed by atoms with Gasteiger partial charge in [-0.05, 0) is 18.2 Å². The lowest BCUT2D eigenvalue weighted by molar-refractivity contribution is 0.0526. The Bertz CT molecular complexity index is 455. The van der Waals surface area contributed by atoms with Crippen molar-refractivity contribution in [2.24, 2.45) is 0 Å². The summed E-state index contributed by atoms with van der Waals surface area (Å²) in [5.74, 6) is -1.18. The highest BCUT2D eigenvalue weighted by Crippen LogP contribution is 2.26. The maximum atomic E-state index is 10.7. The van der Waals surface area contributed by atoms with E-state index < -0.39 is 18.2 Å². The molecule has 5 nitrogen and oxygen atoms in total. The Kier molecular flexibility index (Phi) is 3.85. The predicted octanol–water partition coefficient (Wildman–Crippen LogP) is 0.956. The van der Waals surface area contributed by atoms with E-state index in [2.05, 4.69) is 0 Å². The first-order chi connectivity index (χ1) is 7.47. The molecular formula is C10H8ClNO4. The van der Waals surface area contributed by atoms with Crippen LogP contribution in [0.3, 0.4) is 0 Å². The van der Waals surface area contributed by atoms with Crippen LogP contribution < -0.4 is 0 Å². The van der Waals surface area contributed by atoms with E-state index in [1.54, 1.807) is 0 Å². The molecule has 0 bridgehead atoms. The third-order valence-electron chi connectivity index (χ3n) is 1.99. The van der Waals surface area contributed by atoms with Gasteiger partial charge < -0.3 is 15.3 Å². The molecule has 2 atom stereocenters. The van der Waals surface area contributed by atoms with E-state index in [0.717, 1.165) is 6.07 Å². The van der Waals surface area contributed by atoms with Crippen molar-refractivity contribution in [2.45, 2.75) is 12.2 Å². The zero-order valence-electron chi connectivity index (χ0n) is 7.96. The molecule has 0 saturated carbocycles. The Balaban J connectivity index is 3.17. The summed E-state index contributed by atoms with van der Waals surface area (Å²) in [7, 11) is 0. The fourth-order valence-corrected chi connectivity index (χ4v) is 1.37. The van der Waals surface area contributed by atoms with Crippen molar-refractivity contribution < 1.29 is 20.1 Å². The van der Waals surface area contributed by atoms with Gasteiger partial charge in [-0.3, -0.25) is 0 Å². The molecule has 0 amide bonds. The summed E-state index contributed by atoms with van der Waals surface area (Å²) in [6.07, 6.45) is -3.18. The maximum Gasteiger partial charge on any atom is 0.335 e. The standard InChI is InChI=1S/C10H8ClNO4/c11-7-2-1-5(10(15)16)3-6(7)9(14)8(13)4-12/h1-3,8-9,13-14H,(H,15,16). The highest BCUT2D eigenvalue weighted by atomic mass is 35.5. The van der Waals surface area contributed by atoms with Crippen LogP contribution in [0.2, 0.25) is 5.02 Å². The van der Waals surface area contributed by atoms with E-state index in [4.69, 9.17) is 27.1 Å². The van der Waals surface area contributed by atoms with Gasteiger partial charge in [0.25, 0.3) is 0 Å². The molecule has 0 aliphatic rings. The number of aromatic carboxylic acids is 1. The van der Waals surface area contributed by atoms with E-state index in [1.165, 1.54) is 18.2 Å². The van der Waals surface area contributed by atoms with Gasteiger partial charge in [0.15, 0.2) is 6.10 Å². The second kappa shape index (κ2) is 4.94. The number of hydrogen-bond acceptors (Lipinski definition) is 4. The number of aliphatic hydroxyl groups is 2. The number of halogens is 1. The summed E-state index contributed by atoms with van der Waals surface area (Å²) in [5.41, 5.74) is -0.0702. The van der Waals surface area contributed by atoms with Crippen molar-refractivity contribution in [1.29, 1.82) is 5.26 Å². The number of carboxylic acids is 1. The van der Waals surface area contributed by atoms with Gasteiger partial charge in [0, 0.05) is 10.6 Å². The number of rotatable bonds is 3. The molecule has 6 heteroatoms. The monoisotopic (exact) mass is 241 g/mol. The largest absolute Gasteiger partial charge is 0.478 e. The van der Waals surface area contributed by atoms with Crippen molar-refractivity contribution >= 4 is 17.6 Å². The Morgan fingerprint density at radius 3 is 2.56 bits per heavy atom. The van der Waals surface area contributed by atoms with Crippen LogP contribution in [0.15, 0.2) is 18.2 Å². The molecule has 2 unspecified atom stereocenters. The first-order valence-electron chi connectivity index (χ1n) is 4.26. The second-order valence-electron chi connectivity index (χ2n) is 3.06. The smallest absolute Gasteiger partial charge is 0.335 e. The third-order valence-corrected chi connectivity index (χ3v) is 2.34. The van der Waals surface area contributed by atoms with Gasteiger partial charge in [0.2, 0.25) is 0 Å². The summed E-state index contributed by atoms with van der Waals surface area (Å²) >= 11 is 5.72. The molecule has 0 fully saturated rings. The zero-order chi connectivity index (χ0) is 12.3. The van der Waals surface area contributed by atoms with Crippen LogP contribution in [-0.4, -0.2) is 27.4 Å². The zero-order valence-corrected chi connectivity index (χ0v) is 8.72. The van der Waals surface area contributed by atoms with Gasteiger partial charge in [-0.25, -0.2) is 4.79 Å². The number of nitriles is 1. The summed E-state index contributed by atoms with van der Waals surface area (Å²) in [6, 6.07) is 5.11. The molecule has 1 aromatic carbocycles. The van der Waals surface area contributed by atoms with E-state index in [9.17, 15) is 9.90 Å². The van der Waals surface area contributed by atoms with Gasteiger partial charge in [-0.1, -0.05) is 11.6 Å². The summed E-state index contributed by atoms with van der Waals surface area (Å²) in [5, 5.41) is 35.9. The number of benzene rings is 1. The molecular weight excluding hydrogens is 234 g/mol. The Labute approximate surface area is 96.1 Å². The molecule has 0 aliphatic carbocycles. The molecule has 1 aromatic rings. The van der Waals surface area contributed by atoms with Gasteiger partial charge in [-0.15, -0.1) is 0 Å². The molecule has 84 valence electrons. The van der Waals surface area contributed by atoms with Crippen LogP contribution in [0.5, 0.6) is 0 Å². The first-order valence-corrected chi connectivity index (χ1v) is 4.63. The normalized spacial score (nSPS) is 13.9. The highest BCUT2D eigenvalue weighted by molar-refractivity contribution is 6.31. The average Bonchev–Trinajstić information content (AvgIpc) is 2.27. The van der Waals surface area contributed by atoms with Gasteiger partial charge in [0.05, 0.1) is 11.6 Å². The van der Waals surface area contributed by atoms with Crippen molar-refractivity contribution in [3.63, 3.8) is 0 Å². The number of carbonyl (C=O) groups is 1. The topological polar surface area (TPSA) is 102 Å². The van der Waals surface area contributed by atoms with Crippen LogP contribution in [0.1, 0.15) is 22.0 Å². The van der Waals surface area contributed by atoms with Crippen molar-refractivity contribution in [3.8, 4) is 6.07 Å². The molecule has 0 radical (unpaired) electrons. The van der Waals surface area contributed by atoms with E-state index in [0.29, 0.717) is 0 Å². The van der Waals surface area contributed by atoms with Crippen molar-refractivity contribution in [1.82, 2.24) is 0 Å². The number of hydrogen-bond donors (Lipinski definition) is 3. The minimum Gasteiger partial charge on any atom is -0.478 e. The quantitative estimate of drug-likeness (QED) is 0.684. The molecule has 1 rings (SSSR count). The molecule has 0 aliphatic heterocycles. The number of aliphatic hydroxyl groups excluding tert-OH is 2. The van der Waals surface area contributed by atoms with Gasteiger partial charge >= 0.3 is 5.97 Å². The molecule has 0 saturated heterocycles. The van der Waals surface area contributed by atoms with Crippen LogP contribution in [0, 0.1) is 11.3 Å². The molecule has 0 aromatic heterocycles. The first kappa shape index (κ1) is 12.5. The fourth-order valence-electron chi connectivity index (χ4n) is 1.14. The third kappa shape index (κ3) is 2.49. The van der Waals surface area contributed by atoms with Crippen LogP contribution in [-0.2, 0) is 0 Å². The molecule has 3 N–H and O–H groups in total. The minimum absolute atomic E-state index is 0.00983. The second-order valence-corrected chi connectivity index (χ2v) is 3.47. The van der Waals surface area contributed by atoms with Crippen LogP contribution in [0.25, 0.3) is 0 Å². The van der Waals surface area contributed by atoms with Crippen molar-refractivity contribution in [3.05, 3.63) is 34.3 Å². The average molecular weight is 242 g/mol. The van der Waals surface area contributed by atoms with E-state index >= 15 is 0 Å². The minimum atomic E-state index is -1.65. The van der Waals surface area contributed by atoms with Crippen molar-refractivity contribution in [2.75, 3.05) is 0 Å². The maximum absolute atomic E-state index is 10.7. The molecule has 16 heavy (non-hydrogen) atoms. The summed E-state index contributed by atoms with van der Waals surface area (Å²) in [4.78, 5) is 10.7. The van der Waals surface area contributed by atoms with Crippen LogP contribution in [0.4, 0.5) is 0 Å². The lowest BCUT2D eigenvalue weighted by Gasteiger charge is -2.14. The summed E-state index contributed by atoms with van der Waals surface area (Å²) < 4.78 is 0. The predicted molar refractivity (Wildman–Crippen MR) is 55.0 cm³/mol. The Morgan fingerprint density at radius 2 is 2.06 bits per heavy atom.